The Bertz CT molecular complexity index is 341. The van der Waals surface area contributed by atoms with Crippen molar-refractivity contribution >= 4 is 16.5 Å². The van der Waals surface area contributed by atoms with Crippen LogP contribution in [-0.2, 0) is 6.54 Å². The second-order valence-corrected chi connectivity index (χ2v) is 6.49. The van der Waals surface area contributed by atoms with Crippen molar-refractivity contribution in [2.24, 2.45) is 0 Å². The van der Waals surface area contributed by atoms with E-state index >= 15 is 0 Å². The summed E-state index contributed by atoms with van der Waals surface area (Å²) in [6, 6.07) is 0.539. The summed E-state index contributed by atoms with van der Waals surface area (Å²) in [5.74, 6) is 0. The Hall–Kier alpha value is -0.610. The molecule has 1 aromatic heterocycles. The Morgan fingerprint density at radius 3 is 2.56 bits per heavy atom. The molecule has 1 aromatic rings. The van der Waals surface area contributed by atoms with Crippen LogP contribution in [0.15, 0.2) is 6.20 Å². The van der Waals surface area contributed by atoms with Crippen LogP contribution >= 0.6 is 11.3 Å². The molecule has 0 atom stereocenters. The lowest BCUT2D eigenvalue weighted by Gasteiger charge is -2.23. The molecule has 1 fully saturated rings. The molecule has 0 radical (unpaired) electrons. The zero-order valence-electron chi connectivity index (χ0n) is 11.6. The maximum Gasteiger partial charge on any atom is 0.185 e. The summed E-state index contributed by atoms with van der Waals surface area (Å²) >= 11 is 1.85. The van der Waals surface area contributed by atoms with E-state index in [1.807, 2.05) is 17.5 Å². The molecule has 0 unspecified atom stereocenters. The summed E-state index contributed by atoms with van der Waals surface area (Å²) in [6.45, 7) is 7.68. The molecule has 0 bridgehead atoms. The van der Waals surface area contributed by atoms with Crippen LogP contribution in [0.5, 0.6) is 0 Å². The molecule has 0 amide bonds. The van der Waals surface area contributed by atoms with Gasteiger partial charge in [0.05, 0.1) is 0 Å². The highest BCUT2D eigenvalue weighted by Crippen LogP contribution is 2.24. The predicted octanol–water partition coefficient (Wildman–Crippen LogP) is 3.41. The van der Waals surface area contributed by atoms with E-state index in [9.17, 15) is 0 Å². The second-order valence-electron chi connectivity index (χ2n) is 5.40. The van der Waals surface area contributed by atoms with Gasteiger partial charge in [0.2, 0.25) is 0 Å². The maximum absolute atomic E-state index is 4.59. The van der Waals surface area contributed by atoms with Gasteiger partial charge < -0.3 is 10.2 Å². The topological polar surface area (TPSA) is 28.2 Å². The number of aromatic nitrogens is 1. The zero-order valence-corrected chi connectivity index (χ0v) is 12.4. The van der Waals surface area contributed by atoms with Crippen LogP contribution in [0.4, 0.5) is 5.13 Å². The fourth-order valence-corrected chi connectivity index (χ4v) is 3.18. The molecule has 1 N–H and O–H groups in total. The van der Waals surface area contributed by atoms with Gasteiger partial charge >= 0.3 is 0 Å². The number of rotatable bonds is 4. The Kier molecular flexibility index (Phi) is 5.45. The maximum atomic E-state index is 4.59. The molecule has 1 aliphatic rings. The first-order valence-electron chi connectivity index (χ1n) is 7.19. The number of nitrogens with one attached hydrogen (secondary N) is 1. The van der Waals surface area contributed by atoms with E-state index in [1.165, 1.54) is 55.2 Å². The van der Waals surface area contributed by atoms with E-state index in [-0.39, 0.29) is 0 Å². The first-order chi connectivity index (χ1) is 8.75. The van der Waals surface area contributed by atoms with Crippen LogP contribution in [0.3, 0.4) is 0 Å². The van der Waals surface area contributed by atoms with Crippen LogP contribution in [0.1, 0.15) is 50.8 Å². The van der Waals surface area contributed by atoms with Crippen molar-refractivity contribution in [3.8, 4) is 0 Å². The molecule has 2 rings (SSSR count). The lowest BCUT2D eigenvalue weighted by atomic mass is 10.1. The van der Waals surface area contributed by atoms with Crippen molar-refractivity contribution in [2.75, 3.05) is 18.0 Å². The quantitative estimate of drug-likeness (QED) is 0.906. The molecule has 3 nitrogen and oxygen atoms in total. The summed E-state index contributed by atoms with van der Waals surface area (Å²) in [4.78, 5) is 8.42. The lowest BCUT2D eigenvalue weighted by molar-refractivity contribution is 0.556. The first-order valence-corrected chi connectivity index (χ1v) is 8.00. The van der Waals surface area contributed by atoms with Gasteiger partial charge in [0, 0.05) is 36.8 Å². The average molecular weight is 267 g/mol. The largest absolute Gasteiger partial charge is 0.348 e. The molecule has 18 heavy (non-hydrogen) atoms. The van der Waals surface area contributed by atoms with Gasteiger partial charge in [0.15, 0.2) is 5.13 Å². The number of hydrogen-bond acceptors (Lipinski definition) is 4. The summed E-state index contributed by atoms with van der Waals surface area (Å²) in [7, 11) is 0. The van der Waals surface area contributed by atoms with E-state index in [0.29, 0.717) is 6.04 Å². The van der Waals surface area contributed by atoms with Crippen molar-refractivity contribution in [1.82, 2.24) is 10.3 Å². The molecule has 1 aliphatic heterocycles. The van der Waals surface area contributed by atoms with Crippen LogP contribution < -0.4 is 10.2 Å². The van der Waals surface area contributed by atoms with Crippen molar-refractivity contribution in [3.05, 3.63) is 11.1 Å². The Morgan fingerprint density at radius 1 is 1.22 bits per heavy atom. The third-order valence-electron chi connectivity index (χ3n) is 3.35. The van der Waals surface area contributed by atoms with Gasteiger partial charge in [-0.05, 0) is 12.8 Å². The Labute approximate surface area is 115 Å². The van der Waals surface area contributed by atoms with Gasteiger partial charge in [0.25, 0.3) is 0 Å². The van der Waals surface area contributed by atoms with Crippen LogP contribution in [0.2, 0.25) is 0 Å². The third-order valence-corrected chi connectivity index (χ3v) is 4.41. The van der Waals surface area contributed by atoms with Gasteiger partial charge in [-0.15, -0.1) is 11.3 Å². The van der Waals surface area contributed by atoms with Crippen molar-refractivity contribution in [2.45, 2.75) is 58.5 Å². The normalized spacial score (nSPS) is 17.8. The number of thiazole rings is 1. The molecule has 1 saturated heterocycles. The van der Waals surface area contributed by atoms with E-state index in [2.05, 4.69) is 29.0 Å². The van der Waals surface area contributed by atoms with Gasteiger partial charge in [-0.2, -0.15) is 0 Å². The minimum atomic E-state index is 0.539. The van der Waals surface area contributed by atoms with Gasteiger partial charge in [0.1, 0.15) is 0 Å². The average Bonchev–Trinajstić information content (AvgIpc) is 2.74. The second kappa shape index (κ2) is 7.10. The molecule has 2 heterocycles. The van der Waals surface area contributed by atoms with Crippen LogP contribution in [0.25, 0.3) is 0 Å². The van der Waals surface area contributed by atoms with Gasteiger partial charge in [-0.3, -0.25) is 0 Å². The molecule has 0 spiro atoms. The minimum Gasteiger partial charge on any atom is -0.348 e. The predicted molar refractivity (Wildman–Crippen MR) is 79.4 cm³/mol. The molecular weight excluding hydrogens is 242 g/mol. The molecule has 0 aliphatic carbocycles. The lowest BCUT2D eigenvalue weighted by Crippen LogP contribution is -2.26. The molecule has 0 aromatic carbocycles. The minimum absolute atomic E-state index is 0.539. The summed E-state index contributed by atoms with van der Waals surface area (Å²) < 4.78 is 0. The van der Waals surface area contributed by atoms with E-state index in [0.717, 1.165) is 6.54 Å². The Balaban J connectivity index is 1.90. The van der Waals surface area contributed by atoms with Crippen LogP contribution in [-0.4, -0.2) is 24.1 Å². The number of anilines is 1. The number of nitrogens with zero attached hydrogens (tertiary/aromatic N) is 2. The fourth-order valence-electron chi connectivity index (χ4n) is 2.27. The standard InChI is InChI=1S/C14H25N3S/c1-12(2)15-10-13-11-16-14(18-13)17-8-6-4-3-5-7-9-17/h11-12,15H,3-10H2,1-2H3. The van der Waals surface area contributed by atoms with Gasteiger partial charge in [-0.25, -0.2) is 4.98 Å². The summed E-state index contributed by atoms with van der Waals surface area (Å²) in [5.41, 5.74) is 0. The first kappa shape index (κ1) is 13.8. The number of hydrogen-bond donors (Lipinski definition) is 1. The van der Waals surface area contributed by atoms with E-state index in [1.54, 1.807) is 0 Å². The summed E-state index contributed by atoms with van der Waals surface area (Å²) in [5, 5.41) is 4.67. The van der Waals surface area contributed by atoms with Crippen LogP contribution in [0, 0.1) is 0 Å². The molecule has 0 saturated carbocycles. The van der Waals surface area contributed by atoms with E-state index < -0.39 is 0 Å². The van der Waals surface area contributed by atoms with E-state index in [4.69, 9.17) is 0 Å². The monoisotopic (exact) mass is 267 g/mol. The highest BCUT2D eigenvalue weighted by Gasteiger charge is 2.12. The zero-order chi connectivity index (χ0) is 12.8. The SMILES string of the molecule is CC(C)NCc1cnc(N2CCCCCCC2)s1. The van der Waals surface area contributed by atoms with Crippen molar-refractivity contribution in [1.29, 1.82) is 0 Å². The van der Waals surface area contributed by atoms with Crippen molar-refractivity contribution in [3.63, 3.8) is 0 Å². The fraction of sp³-hybridized carbons (Fsp3) is 0.786. The molecular formula is C14H25N3S. The highest BCUT2D eigenvalue weighted by molar-refractivity contribution is 7.15. The molecule has 4 heteroatoms. The Morgan fingerprint density at radius 2 is 1.89 bits per heavy atom. The molecule has 102 valence electrons. The van der Waals surface area contributed by atoms with Gasteiger partial charge in [-0.1, -0.05) is 33.1 Å². The highest BCUT2D eigenvalue weighted by atomic mass is 32.1. The summed E-state index contributed by atoms with van der Waals surface area (Å²) in [6.07, 6.45) is 8.84. The van der Waals surface area contributed by atoms with Crippen molar-refractivity contribution < 1.29 is 0 Å². The third kappa shape index (κ3) is 4.25. The smallest absolute Gasteiger partial charge is 0.185 e.